The Labute approximate surface area is 185 Å². The van der Waals surface area contributed by atoms with Crippen LogP contribution < -0.4 is 14.8 Å². The van der Waals surface area contributed by atoms with E-state index in [0.29, 0.717) is 24.5 Å². The van der Waals surface area contributed by atoms with E-state index in [4.69, 9.17) is 32.7 Å². The van der Waals surface area contributed by atoms with Gasteiger partial charge in [-0.3, -0.25) is 4.79 Å². The van der Waals surface area contributed by atoms with E-state index in [-0.39, 0.29) is 33.2 Å². The van der Waals surface area contributed by atoms with Crippen LogP contribution in [0.1, 0.15) is 28.8 Å². The average molecular weight is 473 g/mol. The van der Waals surface area contributed by atoms with Crippen LogP contribution in [0, 0.1) is 0 Å². The second-order valence-corrected chi connectivity index (χ2v) is 9.29. The van der Waals surface area contributed by atoms with Crippen LogP contribution in [0.5, 0.6) is 5.75 Å². The first kappa shape index (κ1) is 22.8. The summed E-state index contributed by atoms with van der Waals surface area (Å²) in [6.07, 6.45) is 1.76. The summed E-state index contributed by atoms with van der Waals surface area (Å²) in [7, 11) is -2.51. The molecule has 1 heterocycles. The zero-order chi connectivity index (χ0) is 21.7. The molecule has 0 spiro atoms. The van der Waals surface area contributed by atoms with Crippen molar-refractivity contribution >= 4 is 39.1 Å². The first-order chi connectivity index (χ1) is 14.3. The lowest BCUT2D eigenvalue weighted by Crippen LogP contribution is -2.32. The molecule has 0 saturated carbocycles. The van der Waals surface area contributed by atoms with Crippen molar-refractivity contribution in [1.82, 2.24) is 10.0 Å². The zero-order valence-electron chi connectivity index (χ0n) is 16.3. The van der Waals surface area contributed by atoms with Crippen molar-refractivity contribution in [3.63, 3.8) is 0 Å². The molecule has 2 aromatic carbocycles. The van der Waals surface area contributed by atoms with Gasteiger partial charge in [0, 0.05) is 25.3 Å². The molecule has 30 heavy (non-hydrogen) atoms. The van der Waals surface area contributed by atoms with Crippen molar-refractivity contribution in [1.29, 1.82) is 0 Å². The highest BCUT2D eigenvalue weighted by atomic mass is 35.5. The summed E-state index contributed by atoms with van der Waals surface area (Å²) >= 11 is 12.3. The van der Waals surface area contributed by atoms with Gasteiger partial charge < -0.3 is 14.8 Å². The quantitative estimate of drug-likeness (QED) is 0.613. The Balaban J connectivity index is 1.78. The third-order valence-corrected chi connectivity index (χ3v) is 6.89. The lowest BCUT2D eigenvalue weighted by molar-refractivity contribution is 0.0857. The number of sulfonamides is 1. The SMILES string of the molecule is COc1ccccc1CNS(=O)(=O)c1cc(C(=O)NC[C@@H]2CCCO2)c(Cl)cc1Cl. The molecule has 1 fully saturated rings. The van der Waals surface area contributed by atoms with Gasteiger partial charge in [-0.1, -0.05) is 41.4 Å². The Morgan fingerprint density at radius 2 is 2.00 bits per heavy atom. The summed E-state index contributed by atoms with van der Waals surface area (Å²) in [5.74, 6) is 0.0601. The minimum absolute atomic E-state index is 0.00808. The maximum absolute atomic E-state index is 12.8. The van der Waals surface area contributed by atoms with Gasteiger partial charge in [0.05, 0.1) is 28.8 Å². The van der Waals surface area contributed by atoms with Crippen molar-refractivity contribution in [3.05, 3.63) is 57.6 Å². The number of para-hydroxylation sites is 1. The molecule has 3 rings (SSSR count). The Morgan fingerprint density at radius 3 is 2.70 bits per heavy atom. The van der Waals surface area contributed by atoms with E-state index in [2.05, 4.69) is 10.0 Å². The third-order valence-electron chi connectivity index (χ3n) is 4.72. The molecule has 1 saturated heterocycles. The number of amides is 1. The Morgan fingerprint density at radius 1 is 1.23 bits per heavy atom. The lowest BCUT2D eigenvalue weighted by atomic mass is 10.2. The number of hydrogen-bond donors (Lipinski definition) is 2. The number of carbonyl (C=O) groups is 1. The predicted molar refractivity (Wildman–Crippen MR) is 115 cm³/mol. The van der Waals surface area contributed by atoms with Crippen LogP contribution in [0.3, 0.4) is 0 Å². The van der Waals surface area contributed by atoms with Crippen LogP contribution >= 0.6 is 23.2 Å². The second kappa shape index (κ2) is 9.98. The molecule has 7 nitrogen and oxygen atoms in total. The van der Waals surface area contributed by atoms with E-state index >= 15 is 0 Å². The van der Waals surface area contributed by atoms with Crippen molar-refractivity contribution in [2.24, 2.45) is 0 Å². The molecule has 2 N–H and O–H groups in total. The highest BCUT2D eigenvalue weighted by Gasteiger charge is 2.24. The van der Waals surface area contributed by atoms with E-state index in [9.17, 15) is 13.2 Å². The van der Waals surface area contributed by atoms with Crippen LogP contribution in [-0.2, 0) is 21.3 Å². The standard InChI is InChI=1S/C20H22Cl2N2O5S/c1-28-18-7-3-2-5-13(18)11-24-30(26,27)19-9-15(16(21)10-17(19)22)20(25)23-12-14-6-4-8-29-14/h2-3,5,7,9-10,14,24H,4,6,8,11-12H2,1H3,(H,23,25)/t14-/m0/s1. The van der Waals surface area contributed by atoms with Gasteiger partial charge in [-0.05, 0) is 31.0 Å². The van der Waals surface area contributed by atoms with E-state index in [1.807, 2.05) is 0 Å². The monoisotopic (exact) mass is 472 g/mol. The Bertz CT molecular complexity index is 1020. The summed E-state index contributed by atoms with van der Waals surface area (Å²) in [6.45, 7) is 0.986. The van der Waals surface area contributed by atoms with Gasteiger partial charge in [0.25, 0.3) is 5.91 Å². The number of nitrogens with one attached hydrogen (secondary N) is 2. The van der Waals surface area contributed by atoms with Gasteiger partial charge in [0.2, 0.25) is 10.0 Å². The summed E-state index contributed by atoms with van der Waals surface area (Å²) in [4.78, 5) is 12.3. The Kier molecular flexibility index (Phi) is 7.60. The van der Waals surface area contributed by atoms with Crippen LogP contribution in [0.4, 0.5) is 0 Å². The lowest BCUT2D eigenvalue weighted by Gasteiger charge is -2.14. The topological polar surface area (TPSA) is 93.7 Å². The molecule has 0 bridgehead atoms. The third kappa shape index (κ3) is 5.44. The van der Waals surface area contributed by atoms with E-state index in [1.165, 1.54) is 19.2 Å². The fraction of sp³-hybridized carbons (Fsp3) is 0.350. The normalized spacial score (nSPS) is 16.4. The largest absolute Gasteiger partial charge is 0.496 e. The molecule has 1 aliphatic rings. The molecule has 0 aromatic heterocycles. The van der Waals surface area contributed by atoms with Crippen LogP contribution in [0.25, 0.3) is 0 Å². The zero-order valence-corrected chi connectivity index (χ0v) is 18.6. The number of carbonyl (C=O) groups excluding carboxylic acids is 1. The smallest absolute Gasteiger partial charge is 0.252 e. The summed E-state index contributed by atoms with van der Waals surface area (Å²) < 4.78 is 38.9. The number of benzene rings is 2. The van der Waals surface area contributed by atoms with Gasteiger partial charge in [-0.2, -0.15) is 0 Å². The number of hydrogen-bond acceptors (Lipinski definition) is 5. The molecular weight excluding hydrogens is 451 g/mol. The summed E-state index contributed by atoms with van der Waals surface area (Å²) in [5, 5.41) is 2.71. The molecular formula is C20H22Cl2N2O5S. The van der Waals surface area contributed by atoms with E-state index in [0.717, 1.165) is 12.8 Å². The number of methoxy groups -OCH3 is 1. The van der Waals surface area contributed by atoms with Crippen molar-refractivity contribution in [2.75, 3.05) is 20.3 Å². The van der Waals surface area contributed by atoms with E-state index < -0.39 is 15.9 Å². The summed E-state index contributed by atoms with van der Waals surface area (Å²) in [6, 6.07) is 9.47. The molecule has 10 heteroatoms. The molecule has 0 unspecified atom stereocenters. The van der Waals surface area contributed by atoms with Gasteiger partial charge in [-0.15, -0.1) is 0 Å². The van der Waals surface area contributed by atoms with E-state index in [1.54, 1.807) is 24.3 Å². The molecule has 2 aromatic rings. The predicted octanol–water partition coefficient (Wildman–Crippen LogP) is 3.39. The van der Waals surface area contributed by atoms with Gasteiger partial charge in [-0.25, -0.2) is 13.1 Å². The first-order valence-corrected chi connectivity index (χ1v) is 11.6. The molecule has 162 valence electrons. The molecule has 1 amide bonds. The number of ether oxygens (including phenoxy) is 2. The highest BCUT2D eigenvalue weighted by Crippen LogP contribution is 2.29. The fourth-order valence-electron chi connectivity index (χ4n) is 3.12. The van der Waals surface area contributed by atoms with Crippen molar-refractivity contribution < 1.29 is 22.7 Å². The van der Waals surface area contributed by atoms with Crippen LogP contribution in [0.2, 0.25) is 10.0 Å². The first-order valence-electron chi connectivity index (χ1n) is 9.32. The van der Waals surface area contributed by atoms with Crippen molar-refractivity contribution in [3.8, 4) is 5.75 Å². The molecule has 0 radical (unpaired) electrons. The van der Waals surface area contributed by atoms with Gasteiger partial charge in [0.1, 0.15) is 10.6 Å². The molecule has 1 aliphatic heterocycles. The number of halogens is 2. The fourth-order valence-corrected chi connectivity index (χ4v) is 4.98. The second-order valence-electron chi connectivity index (χ2n) is 6.74. The minimum Gasteiger partial charge on any atom is -0.496 e. The van der Waals surface area contributed by atoms with Crippen LogP contribution in [-0.4, -0.2) is 40.7 Å². The number of rotatable bonds is 8. The Hall–Kier alpha value is -1.84. The minimum atomic E-state index is -4.02. The molecule has 0 aliphatic carbocycles. The maximum atomic E-state index is 12.8. The van der Waals surface area contributed by atoms with Gasteiger partial charge in [0.15, 0.2) is 0 Å². The van der Waals surface area contributed by atoms with Crippen molar-refractivity contribution in [2.45, 2.75) is 30.4 Å². The van der Waals surface area contributed by atoms with Crippen LogP contribution in [0.15, 0.2) is 41.3 Å². The molecule has 1 atom stereocenters. The highest BCUT2D eigenvalue weighted by molar-refractivity contribution is 7.89. The maximum Gasteiger partial charge on any atom is 0.252 e. The average Bonchev–Trinajstić information content (AvgIpc) is 3.24. The summed E-state index contributed by atoms with van der Waals surface area (Å²) in [5.41, 5.74) is 0.680. The van der Waals surface area contributed by atoms with Gasteiger partial charge >= 0.3 is 0 Å².